The quantitative estimate of drug-likeness (QED) is 0.566. The molecule has 1 atom stereocenters. The van der Waals surface area contributed by atoms with Gasteiger partial charge >= 0.3 is 0 Å². The fourth-order valence-corrected chi connectivity index (χ4v) is 1.31. The number of aromatic nitrogens is 2. The molecule has 1 heterocycles. The Morgan fingerprint density at radius 2 is 2.53 bits per heavy atom. The van der Waals surface area contributed by atoms with Crippen LogP contribution in [0, 0.1) is 0 Å². The highest BCUT2D eigenvalue weighted by atomic mass is 16.5. The van der Waals surface area contributed by atoms with Crippen LogP contribution in [0.25, 0.3) is 0 Å². The van der Waals surface area contributed by atoms with Crippen molar-refractivity contribution >= 4 is 5.78 Å². The summed E-state index contributed by atoms with van der Waals surface area (Å²) in [5, 5.41) is 3.94. The lowest BCUT2D eigenvalue weighted by molar-refractivity contribution is 0.0949. The van der Waals surface area contributed by atoms with E-state index in [-0.39, 0.29) is 5.78 Å². The summed E-state index contributed by atoms with van der Waals surface area (Å²) in [6, 6.07) is -0.591. The van der Waals surface area contributed by atoms with Crippen molar-refractivity contribution in [1.82, 2.24) is 9.78 Å². The highest BCUT2D eigenvalue weighted by molar-refractivity contribution is 6.00. The smallest absolute Gasteiger partial charge is 0.201 e. The van der Waals surface area contributed by atoms with Crippen molar-refractivity contribution in [3.63, 3.8) is 0 Å². The Labute approximate surface area is 88.5 Å². The van der Waals surface area contributed by atoms with Crippen LogP contribution in [-0.4, -0.2) is 28.7 Å². The molecule has 0 spiro atoms. The Bertz CT molecular complexity index is 371. The van der Waals surface area contributed by atoms with E-state index in [2.05, 4.69) is 11.7 Å². The third kappa shape index (κ3) is 2.24. The third-order valence-electron chi connectivity index (χ3n) is 2.12. The van der Waals surface area contributed by atoms with Crippen molar-refractivity contribution in [2.75, 3.05) is 7.11 Å². The molecule has 5 nitrogen and oxygen atoms in total. The summed E-state index contributed by atoms with van der Waals surface area (Å²) in [7, 11) is 3.17. The number of aryl methyl sites for hydroxylation is 1. The molecular weight excluding hydrogens is 194 g/mol. The van der Waals surface area contributed by atoms with Gasteiger partial charge < -0.3 is 10.5 Å². The van der Waals surface area contributed by atoms with Crippen LogP contribution in [0.15, 0.2) is 18.9 Å². The van der Waals surface area contributed by atoms with Gasteiger partial charge in [-0.3, -0.25) is 9.48 Å². The van der Waals surface area contributed by atoms with E-state index in [1.54, 1.807) is 13.1 Å². The molecule has 0 amide bonds. The lowest BCUT2D eigenvalue weighted by Crippen LogP contribution is -2.31. The fraction of sp³-hybridized carbons (Fsp3) is 0.400. The molecule has 1 rings (SSSR count). The largest absolute Gasteiger partial charge is 0.493 e. The van der Waals surface area contributed by atoms with Gasteiger partial charge in [-0.25, -0.2) is 0 Å². The van der Waals surface area contributed by atoms with E-state index in [4.69, 9.17) is 10.5 Å². The average Bonchev–Trinajstić information content (AvgIpc) is 2.58. The predicted molar refractivity (Wildman–Crippen MR) is 56.9 cm³/mol. The second-order valence-electron chi connectivity index (χ2n) is 3.18. The molecule has 0 aromatic carbocycles. The summed E-state index contributed by atoms with van der Waals surface area (Å²) < 4.78 is 6.49. The SMILES string of the molecule is C=CCC(N)C(=O)c1c(OC)cnn1C. The number of carbonyl (C=O) groups excluding carboxylic acids is 1. The molecule has 82 valence electrons. The number of Topliss-reactive ketones (excluding diaryl/α,β-unsaturated/α-hetero) is 1. The number of hydrogen-bond donors (Lipinski definition) is 1. The summed E-state index contributed by atoms with van der Waals surface area (Å²) in [6.45, 7) is 3.54. The van der Waals surface area contributed by atoms with Gasteiger partial charge in [-0.15, -0.1) is 6.58 Å². The standard InChI is InChI=1S/C10H15N3O2/c1-4-5-7(11)10(14)9-8(15-3)6-12-13(9)2/h4,6-7H,1,5,11H2,2-3H3. The number of ether oxygens (including phenoxy) is 1. The van der Waals surface area contributed by atoms with Gasteiger partial charge in [0.15, 0.2) is 5.75 Å². The minimum absolute atomic E-state index is 0.188. The van der Waals surface area contributed by atoms with Gasteiger partial charge in [0.2, 0.25) is 5.78 Å². The van der Waals surface area contributed by atoms with Crippen LogP contribution < -0.4 is 10.5 Å². The van der Waals surface area contributed by atoms with Crippen molar-refractivity contribution in [2.45, 2.75) is 12.5 Å². The molecule has 0 fully saturated rings. The average molecular weight is 209 g/mol. The van der Waals surface area contributed by atoms with E-state index in [0.29, 0.717) is 17.9 Å². The van der Waals surface area contributed by atoms with Crippen LogP contribution in [0.2, 0.25) is 0 Å². The number of nitrogens with zero attached hydrogens (tertiary/aromatic N) is 2. The zero-order valence-corrected chi connectivity index (χ0v) is 8.93. The highest BCUT2D eigenvalue weighted by Crippen LogP contribution is 2.18. The normalized spacial score (nSPS) is 12.2. The Hall–Kier alpha value is -1.62. The van der Waals surface area contributed by atoms with Gasteiger partial charge in [0.1, 0.15) is 5.69 Å². The second kappa shape index (κ2) is 4.75. The number of nitrogens with two attached hydrogens (primary N) is 1. The molecule has 2 N–H and O–H groups in total. The van der Waals surface area contributed by atoms with E-state index in [1.165, 1.54) is 18.0 Å². The first-order chi connectivity index (χ1) is 7.11. The maximum Gasteiger partial charge on any atom is 0.201 e. The fourth-order valence-electron chi connectivity index (χ4n) is 1.31. The molecule has 1 aromatic rings. The molecule has 0 aliphatic rings. The second-order valence-corrected chi connectivity index (χ2v) is 3.18. The highest BCUT2D eigenvalue weighted by Gasteiger charge is 2.22. The van der Waals surface area contributed by atoms with Crippen molar-refractivity contribution in [3.8, 4) is 5.75 Å². The Kier molecular flexibility index (Phi) is 3.62. The summed E-state index contributed by atoms with van der Waals surface area (Å²) in [5.41, 5.74) is 6.09. The van der Waals surface area contributed by atoms with Gasteiger partial charge in [-0.1, -0.05) is 6.08 Å². The van der Waals surface area contributed by atoms with E-state index < -0.39 is 6.04 Å². The van der Waals surface area contributed by atoms with Crippen molar-refractivity contribution in [3.05, 3.63) is 24.5 Å². The first-order valence-corrected chi connectivity index (χ1v) is 4.58. The summed E-state index contributed by atoms with van der Waals surface area (Å²) in [5.74, 6) is 0.258. The Morgan fingerprint density at radius 1 is 1.87 bits per heavy atom. The zero-order valence-electron chi connectivity index (χ0n) is 8.93. The van der Waals surface area contributed by atoms with Crippen LogP contribution in [0.5, 0.6) is 5.75 Å². The van der Waals surface area contributed by atoms with E-state index in [1.807, 2.05) is 0 Å². The molecule has 0 aliphatic heterocycles. The monoisotopic (exact) mass is 209 g/mol. The molecule has 5 heteroatoms. The number of ketones is 1. The molecule has 1 unspecified atom stereocenters. The number of carbonyl (C=O) groups is 1. The maximum absolute atomic E-state index is 11.9. The van der Waals surface area contributed by atoms with Gasteiger partial charge in [0.25, 0.3) is 0 Å². The van der Waals surface area contributed by atoms with E-state index in [0.717, 1.165) is 0 Å². The van der Waals surface area contributed by atoms with Crippen molar-refractivity contribution in [1.29, 1.82) is 0 Å². The topological polar surface area (TPSA) is 70.1 Å². The van der Waals surface area contributed by atoms with Gasteiger partial charge in [0.05, 0.1) is 19.3 Å². The van der Waals surface area contributed by atoms with Crippen molar-refractivity contribution < 1.29 is 9.53 Å². The molecule has 15 heavy (non-hydrogen) atoms. The Morgan fingerprint density at radius 3 is 3.07 bits per heavy atom. The lowest BCUT2D eigenvalue weighted by atomic mass is 10.1. The minimum Gasteiger partial charge on any atom is -0.493 e. The van der Waals surface area contributed by atoms with Crippen molar-refractivity contribution in [2.24, 2.45) is 12.8 Å². The lowest BCUT2D eigenvalue weighted by Gasteiger charge is -2.09. The van der Waals surface area contributed by atoms with E-state index in [9.17, 15) is 4.79 Å². The van der Waals surface area contributed by atoms with Crippen LogP contribution in [0.4, 0.5) is 0 Å². The summed E-state index contributed by atoms with van der Waals surface area (Å²) in [6.07, 6.45) is 3.55. The summed E-state index contributed by atoms with van der Waals surface area (Å²) >= 11 is 0. The van der Waals surface area contributed by atoms with Crippen LogP contribution in [0.3, 0.4) is 0 Å². The third-order valence-corrected chi connectivity index (χ3v) is 2.12. The van der Waals surface area contributed by atoms with Gasteiger partial charge in [0, 0.05) is 7.05 Å². The molecule has 0 bridgehead atoms. The number of rotatable bonds is 5. The molecule has 0 saturated carbocycles. The van der Waals surface area contributed by atoms with E-state index >= 15 is 0 Å². The molecular formula is C10H15N3O2. The van der Waals surface area contributed by atoms with Crippen LogP contribution in [-0.2, 0) is 7.05 Å². The van der Waals surface area contributed by atoms with Crippen LogP contribution in [0.1, 0.15) is 16.9 Å². The maximum atomic E-state index is 11.9. The molecule has 0 aliphatic carbocycles. The first kappa shape index (κ1) is 11.5. The Balaban J connectivity index is 2.98. The number of methoxy groups -OCH3 is 1. The first-order valence-electron chi connectivity index (χ1n) is 4.58. The van der Waals surface area contributed by atoms with Crippen LogP contribution >= 0.6 is 0 Å². The number of hydrogen-bond acceptors (Lipinski definition) is 4. The molecule has 0 radical (unpaired) electrons. The molecule has 0 saturated heterocycles. The summed E-state index contributed by atoms with van der Waals surface area (Å²) in [4.78, 5) is 11.9. The predicted octanol–water partition coefficient (Wildman–Crippen LogP) is 0.515. The molecule has 1 aromatic heterocycles. The zero-order chi connectivity index (χ0) is 11.4. The van der Waals surface area contributed by atoms with Gasteiger partial charge in [-0.2, -0.15) is 5.10 Å². The minimum atomic E-state index is -0.591. The van der Waals surface area contributed by atoms with Gasteiger partial charge in [-0.05, 0) is 6.42 Å².